The van der Waals surface area contributed by atoms with E-state index >= 15 is 0 Å². The minimum Gasteiger partial charge on any atom is -0.312 e. The highest BCUT2D eigenvalue weighted by molar-refractivity contribution is 4.83. The van der Waals surface area contributed by atoms with E-state index in [2.05, 4.69) is 31.1 Å². The van der Waals surface area contributed by atoms with Gasteiger partial charge in [0.25, 0.3) is 0 Å². The van der Waals surface area contributed by atoms with Gasteiger partial charge in [0.05, 0.1) is 0 Å². The third-order valence-corrected chi connectivity index (χ3v) is 2.45. The van der Waals surface area contributed by atoms with Crippen LogP contribution < -0.4 is 11.0 Å². The average molecular weight is 209 g/mol. The highest BCUT2D eigenvalue weighted by Crippen LogP contribution is 2.03. The fourth-order valence-corrected chi connectivity index (χ4v) is 1.51. The van der Waals surface area contributed by atoms with E-state index < -0.39 is 0 Å². The minimum absolute atomic E-state index is 0.180. The summed E-state index contributed by atoms with van der Waals surface area (Å²) in [6.07, 6.45) is 3.30. The van der Waals surface area contributed by atoms with E-state index in [0.29, 0.717) is 18.5 Å². The highest BCUT2D eigenvalue weighted by atomic mass is 16.1. The molecule has 0 fully saturated rings. The normalized spacial score (nSPS) is 13.1. The molecule has 0 radical (unpaired) electrons. The zero-order valence-corrected chi connectivity index (χ0v) is 9.60. The van der Waals surface area contributed by atoms with Gasteiger partial charge >= 0.3 is 5.69 Å². The second-order valence-corrected chi connectivity index (χ2v) is 3.96. The van der Waals surface area contributed by atoms with E-state index in [1.54, 1.807) is 16.8 Å². The van der Waals surface area contributed by atoms with Gasteiger partial charge in [-0.2, -0.15) is 0 Å². The van der Waals surface area contributed by atoms with E-state index in [-0.39, 0.29) is 5.69 Å². The van der Waals surface area contributed by atoms with Crippen molar-refractivity contribution in [3.63, 3.8) is 0 Å². The molecule has 4 heteroatoms. The smallest absolute Gasteiger partial charge is 0.312 e. The molecule has 1 aromatic rings. The first-order valence-corrected chi connectivity index (χ1v) is 5.40. The van der Waals surface area contributed by atoms with Crippen LogP contribution in [0.5, 0.6) is 0 Å². The maximum atomic E-state index is 11.4. The Balaban J connectivity index is 2.74. The third kappa shape index (κ3) is 3.47. The molecular formula is C11H19N3O. The van der Waals surface area contributed by atoms with Gasteiger partial charge in [0.2, 0.25) is 0 Å². The Hall–Kier alpha value is -1.16. The minimum atomic E-state index is -0.180. The number of likely N-dealkylation sites (N-methyl/N-ethyl adjacent to an activating group) is 1. The van der Waals surface area contributed by atoms with Gasteiger partial charge in [-0.3, -0.25) is 4.57 Å². The summed E-state index contributed by atoms with van der Waals surface area (Å²) in [6, 6.07) is 2.10. The molecule has 0 aliphatic rings. The Kier molecular flexibility index (Phi) is 4.49. The molecule has 0 amide bonds. The van der Waals surface area contributed by atoms with Gasteiger partial charge in [-0.1, -0.05) is 20.8 Å². The zero-order valence-electron chi connectivity index (χ0n) is 9.60. The highest BCUT2D eigenvalue weighted by Gasteiger charge is 2.12. The van der Waals surface area contributed by atoms with Crippen LogP contribution in [0.15, 0.2) is 23.3 Å². The van der Waals surface area contributed by atoms with Crippen LogP contribution in [-0.4, -0.2) is 22.1 Å². The van der Waals surface area contributed by atoms with E-state index in [0.717, 1.165) is 6.54 Å². The molecule has 1 atom stereocenters. The van der Waals surface area contributed by atoms with Crippen molar-refractivity contribution in [2.45, 2.75) is 33.4 Å². The fourth-order valence-electron chi connectivity index (χ4n) is 1.51. The largest absolute Gasteiger partial charge is 0.347 e. The number of nitrogens with zero attached hydrogens (tertiary/aromatic N) is 2. The lowest BCUT2D eigenvalue weighted by molar-refractivity contribution is 0.356. The molecule has 0 aromatic carbocycles. The predicted molar refractivity (Wildman–Crippen MR) is 60.8 cm³/mol. The number of nitrogens with one attached hydrogen (secondary N) is 1. The Bertz CT molecular complexity index is 346. The number of rotatable bonds is 5. The zero-order chi connectivity index (χ0) is 11.3. The van der Waals surface area contributed by atoms with Crippen LogP contribution in [0.1, 0.15) is 20.8 Å². The molecule has 0 saturated heterocycles. The summed E-state index contributed by atoms with van der Waals surface area (Å²) in [6.45, 7) is 7.96. The molecular weight excluding hydrogens is 190 g/mol. The van der Waals surface area contributed by atoms with Crippen LogP contribution >= 0.6 is 0 Å². The Morgan fingerprint density at radius 2 is 2.27 bits per heavy atom. The molecule has 4 nitrogen and oxygen atoms in total. The molecule has 1 unspecified atom stereocenters. The van der Waals surface area contributed by atoms with Crippen molar-refractivity contribution in [1.29, 1.82) is 0 Å². The van der Waals surface area contributed by atoms with Crippen LogP contribution in [-0.2, 0) is 6.54 Å². The summed E-state index contributed by atoms with van der Waals surface area (Å²) in [4.78, 5) is 15.1. The maximum absolute atomic E-state index is 11.4. The molecule has 0 aliphatic carbocycles. The first-order chi connectivity index (χ1) is 7.15. The van der Waals surface area contributed by atoms with Crippen molar-refractivity contribution in [3.8, 4) is 0 Å². The maximum Gasteiger partial charge on any atom is 0.347 e. The van der Waals surface area contributed by atoms with Crippen molar-refractivity contribution in [3.05, 3.63) is 28.9 Å². The molecule has 15 heavy (non-hydrogen) atoms. The summed E-state index contributed by atoms with van der Waals surface area (Å²) in [7, 11) is 0. The fraction of sp³-hybridized carbons (Fsp3) is 0.636. The summed E-state index contributed by atoms with van der Waals surface area (Å²) in [5, 5.41) is 3.37. The summed E-state index contributed by atoms with van der Waals surface area (Å²) < 4.78 is 1.65. The lowest BCUT2D eigenvalue weighted by Crippen LogP contribution is -2.40. The Morgan fingerprint density at radius 1 is 1.53 bits per heavy atom. The van der Waals surface area contributed by atoms with Gasteiger partial charge in [0, 0.05) is 25.0 Å². The van der Waals surface area contributed by atoms with Crippen molar-refractivity contribution < 1.29 is 0 Å². The van der Waals surface area contributed by atoms with Crippen molar-refractivity contribution in [2.75, 3.05) is 6.54 Å². The van der Waals surface area contributed by atoms with E-state index in [9.17, 15) is 4.79 Å². The van der Waals surface area contributed by atoms with Gasteiger partial charge in [-0.05, 0) is 18.5 Å². The molecule has 1 heterocycles. The Morgan fingerprint density at radius 3 is 2.80 bits per heavy atom. The van der Waals surface area contributed by atoms with Crippen LogP contribution in [0.25, 0.3) is 0 Å². The third-order valence-electron chi connectivity index (χ3n) is 2.45. The lowest BCUT2D eigenvalue weighted by atomic mass is 10.0. The predicted octanol–water partition coefficient (Wildman–Crippen LogP) is 0.877. The standard InChI is InChI=1S/C11H19N3O/c1-4-12-10(9(2)3)8-14-7-5-6-13-11(14)15/h5-7,9-10,12H,4,8H2,1-3H3. The number of hydrogen-bond donors (Lipinski definition) is 1. The van der Waals surface area contributed by atoms with Gasteiger partial charge in [-0.25, -0.2) is 9.78 Å². The van der Waals surface area contributed by atoms with Crippen molar-refractivity contribution in [2.24, 2.45) is 5.92 Å². The SMILES string of the molecule is CCNC(Cn1cccnc1=O)C(C)C. The van der Waals surface area contributed by atoms with Crippen molar-refractivity contribution >= 4 is 0 Å². The number of aromatic nitrogens is 2. The molecule has 0 saturated carbocycles. The van der Waals surface area contributed by atoms with Crippen molar-refractivity contribution in [1.82, 2.24) is 14.9 Å². The number of hydrogen-bond acceptors (Lipinski definition) is 3. The summed E-state index contributed by atoms with van der Waals surface area (Å²) in [5.41, 5.74) is -0.180. The molecule has 0 aliphatic heterocycles. The topological polar surface area (TPSA) is 46.9 Å². The van der Waals surface area contributed by atoms with Crippen LogP contribution in [0.2, 0.25) is 0 Å². The second-order valence-electron chi connectivity index (χ2n) is 3.96. The van der Waals surface area contributed by atoms with Crippen LogP contribution in [0, 0.1) is 5.92 Å². The van der Waals surface area contributed by atoms with Gasteiger partial charge in [0.15, 0.2) is 0 Å². The molecule has 1 rings (SSSR count). The van der Waals surface area contributed by atoms with Gasteiger partial charge < -0.3 is 5.32 Å². The lowest BCUT2D eigenvalue weighted by Gasteiger charge is -2.22. The first-order valence-electron chi connectivity index (χ1n) is 5.40. The van der Waals surface area contributed by atoms with Gasteiger partial charge in [-0.15, -0.1) is 0 Å². The molecule has 0 spiro atoms. The monoisotopic (exact) mass is 209 g/mol. The molecule has 84 valence electrons. The van der Waals surface area contributed by atoms with E-state index in [1.165, 1.54) is 6.20 Å². The summed E-state index contributed by atoms with van der Waals surface area (Å²) >= 11 is 0. The second kappa shape index (κ2) is 5.66. The summed E-state index contributed by atoms with van der Waals surface area (Å²) in [5.74, 6) is 0.497. The van der Waals surface area contributed by atoms with E-state index in [4.69, 9.17) is 0 Å². The molecule has 1 aromatic heterocycles. The van der Waals surface area contributed by atoms with Gasteiger partial charge in [0.1, 0.15) is 0 Å². The molecule has 0 bridgehead atoms. The van der Waals surface area contributed by atoms with E-state index in [1.807, 2.05) is 0 Å². The van der Waals surface area contributed by atoms with Crippen LogP contribution in [0.3, 0.4) is 0 Å². The average Bonchev–Trinajstić information content (AvgIpc) is 2.20. The first kappa shape index (κ1) is 11.9. The molecule has 1 N–H and O–H groups in total. The van der Waals surface area contributed by atoms with Crippen LogP contribution in [0.4, 0.5) is 0 Å². The quantitative estimate of drug-likeness (QED) is 0.783. The Labute approximate surface area is 90.3 Å².